The zero-order valence-corrected chi connectivity index (χ0v) is 15.2. The zero-order valence-electron chi connectivity index (χ0n) is 15.2. The first-order chi connectivity index (χ1) is 13.1. The van der Waals surface area contributed by atoms with Gasteiger partial charge in [-0.25, -0.2) is 15.0 Å². The molecule has 0 fully saturated rings. The lowest BCUT2D eigenvalue weighted by Crippen LogP contribution is -2.09. The molecule has 0 aliphatic carbocycles. The third-order valence-corrected chi connectivity index (χ3v) is 4.35. The van der Waals surface area contributed by atoms with Crippen LogP contribution < -0.4 is 5.32 Å². The Hall–Kier alpha value is -3.42. The van der Waals surface area contributed by atoms with Crippen molar-refractivity contribution < 1.29 is 5.11 Å². The van der Waals surface area contributed by atoms with Gasteiger partial charge in [-0.15, -0.1) is 0 Å². The Morgan fingerprint density at radius 3 is 2.67 bits per heavy atom. The number of phenolic OH excluding ortho intramolecular Hbond substituents is 1. The topological polar surface area (TPSA) is 105 Å². The van der Waals surface area contributed by atoms with Gasteiger partial charge in [0.15, 0.2) is 17.3 Å². The molecule has 3 aromatic heterocycles. The van der Waals surface area contributed by atoms with Gasteiger partial charge in [-0.1, -0.05) is 12.1 Å². The summed E-state index contributed by atoms with van der Waals surface area (Å²) in [5, 5.41) is 19.8. The van der Waals surface area contributed by atoms with Crippen molar-refractivity contribution in [2.75, 3.05) is 11.9 Å². The van der Waals surface area contributed by atoms with Crippen LogP contribution in [-0.4, -0.2) is 41.4 Å². The number of benzene rings is 1. The van der Waals surface area contributed by atoms with Crippen LogP contribution in [0.25, 0.3) is 22.7 Å². The number of imidazole rings is 1. The summed E-state index contributed by atoms with van der Waals surface area (Å²) in [6.45, 7) is 4.87. The van der Waals surface area contributed by atoms with Gasteiger partial charge >= 0.3 is 0 Å². The predicted molar refractivity (Wildman–Crippen MR) is 104 cm³/mol. The molecule has 0 aliphatic heterocycles. The summed E-state index contributed by atoms with van der Waals surface area (Å²) >= 11 is 0. The SMILES string of the molecule is CC(C)n1cnc2c(NCCc3ccc(O)cc3)nc(-c3cc[nH]n3)nc21. The molecule has 4 rings (SSSR count). The van der Waals surface area contributed by atoms with Crippen LogP contribution in [0.2, 0.25) is 0 Å². The molecular weight excluding hydrogens is 342 g/mol. The highest BCUT2D eigenvalue weighted by Gasteiger charge is 2.16. The van der Waals surface area contributed by atoms with Crippen molar-refractivity contribution in [3.8, 4) is 17.3 Å². The van der Waals surface area contributed by atoms with E-state index in [0.717, 1.165) is 23.1 Å². The first-order valence-corrected chi connectivity index (χ1v) is 8.88. The van der Waals surface area contributed by atoms with Crippen molar-refractivity contribution in [3.05, 3.63) is 48.4 Å². The average Bonchev–Trinajstić information content (AvgIpc) is 3.33. The molecule has 0 amide bonds. The standard InChI is InChI=1S/C19H21N7O/c1-12(2)26-11-21-16-18(20-9-7-13-3-5-14(27)6-4-13)23-17(24-19(16)26)15-8-10-22-25-15/h3-6,8,10-12,27H,7,9H2,1-2H3,(H,22,25)(H,20,23,24). The van der Waals surface area contributed by atoms with Gasteiger partial charge in [0, 0.05) is 18.8 Å². The van der Waals surface area contributed by atoms with E-state index in [-0.39, 0.29) is 11.8 Å². The molecule has 8 heteroatoms. The molecule has 0 aliphatic rings. The Kier molecular flexibility index (Phi) is 4.45. The molecule has 3 heterocycles. The molecule has 0 bridgehead atoms. The number of aromatic hydroxyl groups is 1. The van der Waals surface area contributed by atoms with Gasteiger partial charge < -0.3 is 15.0 Å². The summed E-state index contributed by atoms with van der Waals surface area (Å²) in [6.07, 6.45) is 4.35. The lowest BCUT2D eigenvalue weighted by Gasteiger charge is -2.10. The fraction of sp³-hybridized carbons (Fsp3) is 0.263. The molecule has 8 nitrogen and oxygen atoms in total. The molecule has 27 heavy (non-hydrogen) atoms. The van der Waals surface area contributed by atoms with Crippen LogP contribution >= 0.6 is 0 Å². The summed E-state index contributed by atoms with van der Waals surface area (Å²) < 4.78 is 2.03. The van der Waals surface area contributed by atoms with Crippen molar-refractivity contribution in [3.63, 3.8) is 0 Å². The van der Waals surface area contributed by atoms with Crippen LogP contribution in [0.3, 0.4) is 0 Å². The van der Waals surface area contributed by atoms with Gasteiger partial charge in [-0.3, -0.25) is 5.10 Å². The Balaban J connectivity index is 1.65. The third kappa shape index (κ3) is 3.46. The number of fused-ring (bicyclic) bond motifs is 1. The molecule has 0 spiro atoms. The highest BCUT2D eigenvalue weighted by Crippen LogP contribution is 2.25. The normalized spacial score (nSPS) is 11.4. The van der Waals surface area contributed by atoms with Gasteiger partial charge in [0.25, 0.3) is 0 Å². The molecule has 138 valence electrons. The fourth-order valence-corrected chi connectivity index (χ4v) is 2.90. The Morgan fingerprint density at radius 2 is 1.96 bits per heavy atom. The maximum atomic E-state index is 9.39. The summed E-state index contributed by atoms with van der Waals surface area (Å²) in [5.74, 6) is 1.52. The van der Waals surface area contributed by atoms with Gasteiger partial charge in [0.2, 0.25) is 0 Å². The molecule has 0 atom stereocenters. The van der Waals surface area contributed by atoms with E-state index in [1.165, 1.54) is 0 Å². The van der Waals surface area contributed by atoms with Gasteiger partial charge in [0.1, 0.15) is 17.0 Å². The second-order valence-corrected chi connectivity index (χ2v) is 6.62. The lowest BCUT2D eigenvalue weighted by molar-refractivity contribution is 0.475. The Bertz CT molecular complexity index is 1040. The van der Waals surface area contributed by atoms with Crippen LogP contribution in [0.5, 0.6) is 5.75 Å². The van der Waals surface area contributed by atoms with E-state index in [0.29, 0.717) is 23.9 Å². The maximum Gasteiger partial charge on any atom is 0.184 e. The van der Waals surface area contributed by atoms with E-state index in [1.807, 2.05) is 22.8 Å². The Labute approximate surface area is 156 Å². The number of anilines is 1. The number of aromatic amines is 1. The van der Waals surface area contributed by atoms with Crippen LogP contribution in [-0.2, 0) is 6.42 Å². The number of nitrogens with one attached hydrogen (secondary N) is 2. The number of aromatic nitrogens is 6. The van der Waals surface area contributed by atoms with Crippen molar-refractivity contribution in [2.45, 2.75) is 26.3 Å². The first kappa shape index (κ1) is 17.0. The maximum absolute atomic E-state index is 9.39. The average molecular weight is 363 g/mol. The molecule has 0 radical (unpaired) electrons. The smallest absolute Gasteiger partial charge is 0.184 e. The number of rotatable bonds is 6. The van der Waals surface area contributed by atoms with E-state index in [4.69, 9.17) is 0 Å². The fourth-order valence-electron chi connectivity index (χ4n) is 2.90. The van der Waals surface area contributed by atoms with E-state index in [1.54, 1.807) is 24.7 Å². The van der Waals surface area contributed by atoms with Crippen LogP contribution in [0, 0.1) is 0 Å². The third-order valence-electron chi connectivity index (χ3n) is 4.35. The molecule has 4 aromatic rings. The molecule has 0 saturated heterocycles. The van der Waals surface area contributed by atoms with Crippen LogP contribution in [0.15, 0.2) is 42.9 Å². The monoisotopic (exact) mass is 363 g/mol. The highest BCUT2D eigenvalue weighted by atomic mass is 16.3. The summed E-state index contributed by atoms with van der Waals surface area (Å²) in [6, 6.07) is 9.29. The number of phenols is 1. The Morgan fingerprint density at radius 1 is 1.15 bits per heavy atom. The minimum absolute atomic E-state index is 0.238. The molecule has 0 saturated carbocycles. The summed E-state index contributed by atoms with van der Waals surface area (Å²) in [5.41, 5.74) is 3.35. The summed E-state index contributed by atoms with van der Waals surface area (Å²) in [7, 11) is 0. The molecule has 0 unspecified atom stereocenters. The lowest BCUT2D eigenvalue weighted by atomic mass is 10.1. The van der Waals surface area contributed by atoms with E-state index in [9.17, 15) is 5.11 Å². The predicted octanol–water partition coefficient (Wildman–Crippen LogP) is 3.16. The van der Waals surface area contributed by atoms with E-state index in [2.05, 4.69) is 44.3 Å². The summed E-state index contributed by atoms with van der Waals surface area (Å²) in [4.78, 5) is 13.8. The van der Waals surface area contributed by atoms with Crippen molar-refractivity contribution in [1.82, 2.24) is 29.7 Å². The van der Waals surface area contributed by atoms with Crippen molar-refractivity contribution in [1.29, 1.82) is 0 Å². The van der Waals surface area contributed by atoms with E-state index < -0.39 is 0 Å². The second-order valence-electron chi connectivity index (χ2n) is 6.62. The van der Waals surface area contributed by atoms with Gasteiger partial charge in [-0.05, 0) is 44.0 Å². The quantitative estimate of drug-likeness (QED) is 0.486. The minimum atomic E-state index is 0.238. The number of hydrogen-bond acceptors (Lipinski definition) is 6. The van der Waals surface area contributed by atoms with Crippen molar-refractivity contribution in [2.24, 2.45) is 0 Å². The van der Waals surface area contributed by atoms with E-state index >= 15 is 0 Å². The van der Waals surface area contributed by atoms with Crippen LogP contribution in [0.4, 0.5) is 5.82 Å². The van der Waals surface area contributed by atoms with Gasteiger partial charge in [0.05, 0.1) is 6.33 Å². The molecular formula is C19H21N7O. The highest BCUT2D eigenvalue weighted by molar-refractivity contribution is 5.85. The number of H-pyrrole nitrogens is 1. The first-order valence-electron chi connectivity index (χ1n) is 8.88. The van der Waals surface area contributed by atoms with Crippen LogP contribution in [0.1, 0.15) is 25.5 Å². The molecule has 1 aromatic carbocycles. The largest absolute Gasteiger partial charge is 0.508 e. The molecule has 3 N–H and O–H groups in total. The number of hydrogen-bond donors (Lipinski definition) is 3. The zero-order chi connectivity index (χ0) is 18.8. The van der Waals surface area contributed by atoms with Gasteiger partial charge in [-0.2, -0.15) is 5.10 Å². The number of nitrogens with zero attached hydrogens (tertiary/aromatic N) is 5. The second kappa shape index (κ2) is 7.06. The minimum Gasteiger partial charge on any atom is -0.508 e. The van der Waals surface area contributed by atoms with Crippen molar-refractivity contribution >= 4 is 17.0 Å².